The Kier molecular flexibility index (Phi) is 6.44. The Labute approximate surface area is 207 Å². The summed E-state index contributed by atoms with van der Waals surface area (Å²) < 4.78 is 2.05. The molecular weight excluding hydrogens is 470 g/mol. The Balaban J connectivity index is 1.54. The van der Waals surface area contributed by atoms with E-state index in [1.807, 2.05) is 11.0 Å². The van der Waals surface area contributed by atoms with Crippen LogP contribution in [0.1, 0.15) is 50.5 Å². The zero-order chi connectivity index (χ0) is 23.8. The van der Waals surface area contributed by atoms with Gasteiger partial charge in [0.2, 0.25) is 5.91 Å². The first-order valence-electron chi connectivity index (χ1n) is 11.8. The third-order valence-electron chi connectivity index (χ3n) is 6.98. The Morgan fingerprint density at radius 2 is 1.85 bits per heavy atom. The van der Waals surface area contributed by atoms with Gasteiger partial charge in [0, 0.05) is 31.2 Å². The van der Waals surface area contributed by atoms with Gasteiger partial charge in [-0.25, -0.2) is 4.98 Å². The predicted molar refractivity (Wildman–Crippen MR) is 137 cm³/mol. The number of pyridine rings is 1. The van der Waals surface area contributed by atoms with Crippen molar-refractivity contribution in [2.24, 2.45) is 11.7 Å². The SMILES string of the molecule is NC(=O)C1CCN(c2nc3ccccn3c(=O)c2/C=C2\SC(=S)N(C3CCCCC3)C2=O)CC1. The lowest BCUT2D eigenvalue weighted by Crippen LogP contribution is -2.40. The summed E-state index contributed by atoms with van der Waals surface area (Å²) in [5.41, 5.74) is 6.16. The van der Waals surface area contributed by atoms with Crippen molar-refractivity contribution in [3.05, 3.63) is 45.2 Å². The van der Waals surface area contributed by atoms with E-state index in [2.05, 4.69) is 0 Å². The maximum Gasteiger partial charge on any atom is 0.267 e. The van der Waals surface area contributed by atoms with Crippen LogP contribution in [0.3, 0.4) is 0 Å². The molecule has 0 bridgehead atoms. The summed E-state index contributed by atoms with van der Waals surface area (Å²) in [5, 5.41) is 0. The maximum atomic E-state index is 13.5. The summed E-state index contributed by atoms with van der Waals surface area (Å²) in [7, 11) is 0. The van der Waals surface area contributed by atoms with Crippen molar-refractivity contribution >= 4 is 57.7 Å². The van der Waals surface area contributed by atoms with Crippen LogP contribution in [0.25, 0.3) is 11.7 Å². The summed E-state index contributed by atoms with van der Waals surface area (Å²) in [6.45, 7) is 1.12. The number of anilines is 1. The second-order valence-corrected chi connectivity index (χ2v) is 10.8. The minimum absolute atomic E-state index is 0.127. The number of hydrogen-bond donors (Lipinski definition) is 1. The third kappa shape index (κ3) is 4.24. The van der Waals surface area contributed by atoms with Crippen molar-refractivity contribution in [3.8, 4) is 0 Å². The molecule has 8 nitrogen and oxygen atoms in total. The van der Waals surface area contributed by atoms with E-state index in [0.29, 0.717) is 52.2 Å². The molecule has 10 heteroatoms. The van der Waals surface area contributed by atoms with Crippen molar-refractivity contribution < 1.29 is 9.59 Å². The predicted octanol–water partition coefficient (Wildman–Crippen LogP) is 2.93. The van der Waals surface area contributed by atoms with E-state index < -0.39 is 0 Å². The molecule has 2 saturated heterocycles. The van der Waals surface area contributed by atoms with Gasteiger partial charge in [-0.3, -0.25) is 23.7 Å². The number of aromatic nitrogens is 2. The first-order valence-corrected chi connectivity index (χ1v) is 13.0. The van der Waals surface area contributed by atoms with Crippen molar-refractivity contribution in [1.29, 1.82) is 0 Å². The van der Waals surface area contributed by atoms with Crippen LogP contribution in [0.5, 0.6) is 0 Å². The van der Waals surface area contributed by atoms with Gasteiger partial charge in [0.25, 0.3) is 11.5 Å². The number of nitrogens with zero attached hydrogens (tertiary/aromatic N) is 4. The van der Waals surface area contributed by atoms with E-state index in [-0.39, 0.29) is 29.3 Å². The molecule has 5 rings (SSSR count). The zero-order valence-corrected chi connectivity index (χ0v) is 20.4. The lowest BCUT2D eigenvalue weighted by molar-refractivity contribution is -0.124. The molecule has 2 amide bonds. The zero-order valence-electron chi connectivity index (χ0n) is 18.8. The maximum absolute atomic E-state index is 13.5. The molecule has 3 aliphatic rings. The van der Waals surface area contributed by atoms with Gasteiger partial charge in [0.1, 0.15) is 15.8 Å². The lowest BCUT2D eigenvalue weighted by atomic mass is 9.94. The van der Waals surface area contributed by atoms with Crippen LogP contribution in [-0.4, -0.2) is 49.6 Å². The molecule has 1 saturated carbocycles. The first-order chi connectivity index (χ1) is 16.4. The Bertz CT molecular complexity index is 1240. The molecule has 3 fully saturated rings. The number of carbonyl (C=O) groups excluding carboxylic acids is 2. The number of fused-ring (bicyclic) bond motifs is 1. The second kappa shape index (κ2) is 9.50. The second-order valence-electron chi connectivity index (χ2n) is 9.09. The largest absolute Gasteiger partial charge is 0.369 e. The molecule has 34 heavy (non-hydrogen) atoms. The van der Waals surface area contributed by atoms with Crippen LogP contribution in [-0.2, 0) is 9.59 Å². The molecular formula is C24H27N5O3S2. The topological polar surface area (TPSA) is 101 Å². The van der Waals surface area contributed by atoms with Gasteiger partial charge < -0.3 is 10.6 Å². The first kappa shape index (κ1) is 23.0. The normalized spacial score (nSPS) is 21.7. The van der Waals surface area contributed by atoms with Crippen molar-refractivity contribution in [3.63, 3.8) is 0 Å². The summed E-state index contributed by atoms with van der Waals surface area (Å²) in [5.74, 6) is -0.0642. The van der Waals surface area contributed by atoms with Crippen molar-refractivity contribution in [2.45, 2.75) is 51.0 Å². The van der Waals surface area contributed by atoms with Gasteiger partial charge in [0.05, 0.1) is 10.5 Å². The van der Waals surface area contributed by atoms with Gasteiger partial charge in [-0.1, -0.05) is 49.3 Å². The monoisotopic (exact) mass is 497 g/mol. The van der Waals surface area contributed by atoms with E-state index in [1.165, 1.54) is 22.6 Å². The molecule has 0 spiro atoms. The quantitative estimate of drug-likeness (QED) is 0.512. The lowest BCUT2D eigenvalue weighted by Gasteiger charge is -2.32. The summed E-state index contributed by atoms with van der Waals surface area (Å²) in [6, 6.07) is 5.53. The van der Waals surface area contributed by atoms with Crippen LogP contribution in [0.2, 0.25) is 0 Å². The van der Waals surface area contributed by atoms with Crippen LogP contribution in [0, 0.1) is 5.92 Å². The number of amides is 2. The molecule has 1 aliphatic carbocycles. The summed E-state index contributed by atoms with van der Waals surface area (Å²) in [4.78, 5) is 47.5. The molecule has 178 valence electrons. The smallest absolute Gasteiger partial charge is 0.267 e. The van der Waals surface area contributed by atoms with Crippen LogP contribution >= 0.6 is 24.0 Å². The van der Waals surface area contributed by atoms with E-state index in [9.17, 15) is 14.4 Å². The number of carbonyl (C=O) groups is 2. The Morgan fingerprint density at radius 3 is 2.56 bits per heavy atom. The Morgan fingerprint density at radius 1 is 1.12 bits per heavy atom. The van der Waals surface area contributed by atoms with E-state index >= 15 is 0 Å². The fourth-order valence-corrected chi connectivity index (χ4v) is 6.48. The molecule has 2 aromatic heterocycles. The van der Waals surface area contributed by atoms with Crippen molar-refractivity contribution in [1.82, 2.24) is 14.3 Å². The molecule has 0 unspecified atom stereocenters. The Hall–Kier alpha value is -2.72. The van der Waals surface area contributed by atoms with Gasteiger partial charge in [-0.15, -0.1) is 0 Å². The molecule has 0 atom stereocenters. The molecule has 2 aromatic rings. The van der Waals surface area contributed by atoms with Gasteiger partial charge >= 0.3 is 0 Å². The van der Waals surface area contributed by atoms with Gasteiger partial charge in [-0.05, 0) is 43.9 Å². The molecule has 0 radical (unpaired) electrons. The van der Waals surface area contributed by atoms with E-state index in [1.54, 1.807) is 29.3 Å². The molecule has 2 aliphatic heterocycles. The molecule has 0 aromatic carbocycles. The van der Waals surface area contributed by atoms with Gasteiger partial charge in [0.15, 0.2) is 0 Å². The summed E-state index contributed by atoms with van der Waals surface area (Å²) >= 11 is 6.83. The highest BCUT2D eigenvalue weighted by Crippen LogP contribution is 2.38. The number of hydrogen-bond acceptors (Lipinski definition) is 7. The molecule has 2 N–H and O–H groups in total. The van der Waals surface area contributed by atoms with E-state index in [4.69, 9.17) is 22.9 Å². The number of thiocarbonyl (C=S) groups is 1. The highest BCUT2D eigenvalue weighted by Gasteiger charge is 2.38. The fourth-order valence-electron chi connectivity index (χ4n) is 5.10. The summed E-state index contributed by atoms with van der Waals surface area (Å²) in [6.07, 6.45) is 9.86. The van der Waals surface area contributed by atoms with Gasteiger partial charge in [-0.2, -0.15) is 0 Å². The van der Waals surface area contributed by atoms with E-state index in [0.717, 1.165) is 25.7 Å². The van der Waals surface area contributed by atoms with Crippen LogP contribution in [0.15, 0.2) is 34.1 Å². The number of primary amides is 1. The minimum Gasteiger partial charge on any atom is -0.369 e. The van der Waals surface area contributed by atoms with Crippen LogP contribution < -0.4 is 16.2 Å². The van der Waals surface area contributed by atoms with Crippen molar-refractivity contribution in [2.75, 3.05) is 18.0 Å². The number of thioether (sulfide) groups is 1. The highest BCUT2D eigenvalue weighted by molar-refractivity contribution is 8.26. The third-order valence-corrected chi connectivity index (χ3v) is 8.32. The average Bonchev–Trinajstić information content (AvgIpc) is 3.14. The fraction of sp³-hybridized carbons (Fsp3) is 0.458. The number of piperidine rings is 1. The standard InChI is InChI=1S/C24H27N5O3S2/c25-20(30)15-9-12-27(13-10-15)21-17(22(31)28-11-5-4-8-19(28)26-21)14-18-23(32)29(24(33)34-18)16-6-2-1-3-7-16/h4-5,8,11,14-16H,1-3,6-7,9-10,12-13H2,(H2,25,30)/b18-14-. The highest BCUT2D eigenvalue weighted by atomic mass is 32.2. The number of nitrogens with two attached hydrogens (primary N) is 1. The minimum atomic E-state index is -0.294. The number of rotatable bonds is 4. The van der Waals surface area contributed by atoms with Crippen LogP contribution in [0.4, 0.5) is 5.82 Å². The average molecular weight is 498 g/mol. The molecule has 4 heterocycles.